The van der Waals surface area contributed by atoms with Gasteiger partial charge in [0, 0.05) is 13.2 Å². The third-order valence-corrected chi connectivity index (χ3v) is 2.67. The van der Waals surface area contributed by atoms with Crippen LogP contribution in [0.4, 0.5) is 5.13 Å². The maximum atomic E-state index is 4.18. The number of nitrogens with one attached hydrogen (secondary N) is 1. The molecule has 0 aromatic carbocycles. The summed E-state index contributed by atoms with van der Waals surface area (Å²) in [6.45, 7) is 2.70. The second-order valence-electron chi connectivity index (χ2n) is 2.97. The van der Waals surface area contributed by atoms with Gasteiger partial charge in [-0.15, -0.1) is 10.2 Å². The molecule has 2 heterocycles. The summed E-state index contributed by atoms with van der Waals surface area (Å²) in [4.78, 5) is 0. The van der Waals surface area contributed by atoms with Gasteiger partial charge in [0.25, 0.3) is 0 Å². The highest BCUT2D eigenvalue weighted by molar-refractivity contribution is 7.15. The first-order valence-electron chi connectivity index (χ1n) is 4.27. The second kappa shape index (κ2) is 3.75. The zero-order valence-corrected chi connectivity index (χ0v) is 8.88. The fourth-order valence-corrected chi connectivity index (χ4v) is 1.80. The average molecular weight is 209 g/mol. The third kappa shape index (κ3) is 1.90. The van der Waals surface area contributed by atoms with E-state index >= 15 is 0 Å². The van der Waals surface area contributed by atoms with Crippen LogP contribution in [0.2, 0.25) is 0 Å². The molecule has 0 fully saturated rings. The topological polar surface area (TPSA) is 55.6 Å². The largest absolute Gasteiger partial charge is 0.363 e. The van der Waals surface area contributed by atoms with E-state index in [9.17, 15) is 0 Å². The maximum Gasteiger partial charge on any atom is 0.205 e. The number of nitrogens with zero attached hydrogens (tertiary/aromatic N) is 4. The highest BCUT2D eigenvalue weighted by Gasteiger charge is 2.03. The van der Waals surface area contributed by atoms with Gasteiger partial charge in [-0.2, -0.15) is 5.10 Å². The number of hydrogen-bond donors (Lipinski definition) is 1. The minimum atomic E-state index is 0.688. The van der Waals surface area contributed by atoms with Crippen LogP contribution in [-0.2, 0) is 6.54 Å². The van der Waals surface area contributed by atoms with Crippen molar-refractivity contribution in [1.82, 2.24) is 20.0 Å². The SMILES string of the molecule is CNc1nnc(Cn2cc(C)cn2)s1. The van der Waals surface area contributed by atoms with Gasteiger partial charge in [0.2, 0.25) is 5.13 Å². The molecule has 0 saturated carbocycles. The van der Waals surface area contributed by atoms with Gasteiger partial charge in [0.05, 0.1) is 12.7 Å². The van der Waals surface area contributed by atoms with Gasteiger partial charge in [-0.25, -0.2) is 0 Å². The third-order valence-electron chi connectivity index (χ3n) is 1.74. The fraction of sp³-hybridized carbons (Fsp3) is 0.375. The molecular weight excluding hydrogens is 198 g/mol. The standard InChI is InChI=1S/C8H11N5S/c1-6-3-10-13(4-6)5-7-11-12-8(9-2)14-7/h3-4H,5H2,1-2H3,(H,9,12). The molecule has 2 rings (SSSR count). The Hall–Kier alpha value is -1.43. The van der Waals surface area contributed by atoms with Crippen molar-refractivity contribution in [2.75, 3.05) is 12.4 Å². The molecule has 0 aliphatic carbocycles. The predicted octanol–water partition coefficient (Wildman–Crippen LogP) is 1.13. The predicted molar refractivity (Wildman–Crippen MR) is 55.5 cm³/mol. The van der Waals surface area contributed by atoms with Crippen molar-refractivity contribution in [3.8, 4) is 0 Å². The Balaban J connectivity index is 2.10. The molecule has 0 amide bonds. The van der Waals surface area contributed by atoms with Crippen LogP contribution in [0.25, 0.3) is 0 Å². The number of anilines is 1. The van der Waals surface area contributed by atoms with Crippen LogP contribution in [0.1, 0.15) is 10.6 Å². The van der Waals surface area contributed by atoms with E-state index < -0.39 is 0 Å². The molecule has 0 unspecified atom stereocenters. The molecule has 1 N–H and O–H groups in total. The summed E-state index contributed by atoms with van der Waals surface area (Å²) in [7, 11) is 1.84. The zero-order valence-electron chi connectivity index (χ0n) is 8.06. The summed E-state index contributed by atoms with van der Waals surface area (Å²) < 4.78 is 1.86. The van der Waals surface area contributed by atoms with Gasteiger partial charge in [-0.3, -0.25) is 4.68 Å². The summed E-state index contributed by atoms with van der Waals surface area (Å²) in [5.41, 5.74) is 1.16. The first-order valence-corrected chi connectivity index (χ1v) is 5.09. The molecule has 0 saturated heterocycles. The summed E-state index contributed by atoms with van der Waals surface area (Å²) >= 11 is 1.54. The maximum absolute atomic E-state index is 4.18. The molecule has 0 atom stereocenters. The van der Waals surface area contributed by atoms with E-state index in [1.54, 1.807) is 11.3 Å². The van der Waals surface area contributed by atoms with Gasteiger partial charge in [0.15, 0.2) is 0 Å². The minimum absolute atomic E-state index is 0.688. The first-order chi connectivity index (χ1) is 6.78. The van der Waals surface area contributed by atoms with Gasteiger partial charge in [0.1, 0.15) is 5.01 Å². The molecule has 74 valence electrons. The average Bonchev–Trinajstić information content (AvgIpc) is 2.76. The highest BCUT2D eigenvalue weighted by Crippen LogP contribution is 2.14. The Bertz CT molecular complexity index is 419. The zero-order chi connectivity index (χ0) is 9.97. The van der Waals surface area contributed by atoms with Gasteiger partial charge in [-0.05, 0) is 12.5 Å². The summed E-state index contributed by atoms with van der Waals surface area (Å²) in [5, 5.41) is 16.9. The van der Waals surface area contributed by atoms with Gasteiger partial charge >= 0.3 is 0 Å². The van der Waals surface area contributed by atoms with Gasteiger partial charge < -0.3 is 5.32 Å². The fourth-order valence-electron chi connectivity index (χ4n) is 1.11. The lowest BCUT2D eigenvalue weighted by atomic mass is 10.4. The van der Waals surface area contributed by atoms with Crippen molar-refractivity contribution in [2.24, 2.45) is 0 Å². The number of rotatable bonds is 3. The summed E-state index contributed by atoms with van der Waals surface area (Å²) in [6, 6.07) is 0. The van der Waals surface area contributed by atoms with Crippen molar-refractivity contribution in [3.05, 3.63) is 23.0 Å². The van der Waals surface area contributed by atoms with Crippen LogP contribution in [0.5, 0.6) is 0 Å². The molecular formula is C8H11N5S. The van der Waals surface area contributed by atoms with Crippen molar-refractivity contribution in [2.45, 2.75) is 13.5 Å². The van der Waals surface area contributed by atoms with Crippen LogP contribution >= 0.6 is 11.3 Å². The quantitative estimate of drug-likeness (QED) is 0.823. The molecule has 2 aromatic heterocycles. The molecule has 6 heteroatoms. The minimum Gasteiger partial charge on any atom is -0.363 e. The lowest BCUT2D eigenvalue weighted by Gasteiger charge is -1.94. The smallest absolute Gasteiger partial charge is 0.205 e. The Labute approximate surface area is 85.8 Å². The van der Waals surface area contributed by atoms with E-state index in [1.807, 2.05) is 31.0 Å². The molecule has 0 aliphatic rings. The Morgan fingerprint density at radius 1 is 1.50 bits per heavy atom. The summed E-state index contributed by atoms with van der Waals surface area (Å²) in [5.74, 6) is 0. The molecule has 0 radical (unpaired) electrons. The lowest BCUT2D eigenvalue weighted by molar-refractivity contribution is 0.677. The molecule has 0 aliphatic heterocycles. The second-order valence-corrected chi connectivity index (χ2v) is 4.03. The van der Waals surface area contributed by atoms with Crippen LogP contribution in [0, 0.1) is 6.92 Å². The van der Waals surface area contributed by atoms with E-state index in [1.165, 1.54) is 0 Å². The number of aromatic nitrogens is 4. The van der Waals surface area contributed by atoms with Gasteiger partial charge in [-0.1, -0.05) is 11.3 Å². The van der Waals surface area contributed by atoms with Crippen LogP contribution in [-0.4, -0.2) is 27.0 Å². The molecule has 14 heavy (non-hydrogen) atoms. The van der Waals surface area contributed by atoms with Crippen molar-refractivity contribution >= 4 is 16.5 Å². The van der Waals surface area contributed by atoms with E-state index in [0.29, 0.717) is 6.54 Å². The first kappa shape index (κ1) is 9.14. The van der Waals surface area contributed by atoms with Crippen LogP contribution < -0.4 is 5.32 Å². The van der Waals surface area contributed by atoms with Crippen molar-refractivity contribution < 1.29 is 0 Å². The van der Waals surface area contributed by atoms with Crippen LogP contribution in [0.15, 0.2) is 12.4 Å². The molecule has 0 bridgehead atoms. The number of hydrogen-bond acceptors (Lipinski definition) is 5. The lowest BCUT2D eigenvalue weighted by Crippen LogP contribution is -1.99. The van der Waals surface area contributed by atoms with E-state index in [4.69, 9.17) is 0 Å². The molecule has 0 spiro atoms. The molecule has 5 nitrogen and oxygen atoms in total. The van der Waals surface area contributed by atoms with E-state index in [-0.39, 0.29) is 0 Å². The Kier molecular flexibility index (Phi) is 2.45. The number of aryl methyl sites for hydroxylation is 1. The van der Waals surface area contributed by atoms with E-state index in [2.05, 4.69) is 20.6 Å². The van der Waals surface area contributed by atoms with Crippen LogP contribution in [0.3, 0.4) is 0 Å². The van der Waals surface area contributed by atoms with Crippen molar-refractivity contribution in [1.29, 1.82) is 0 Å². The molecule has 2 aromatic rings. The van der Waals surface area contributed by atoms with Crippen molar-refractivity contribution in [3.63, 3.8) is 0 Å². The monoisotopic (exact) mass is 209 g/mol. The Morgan fingerprint density at radius 3 is 2.93 bits per heavy atom. The summed E-state index contributed by atoms with van der Waals surface area (Å²) in [6.07, 6.45) is 3.82. The Morgan fingerprint density at radius 2 is 2.36 bits per heavy atom. The normalized spacial score (nSPS) is 10.4. The van der Waals surface area contributed by atoms with E-state index in [0.717, 1.165) is 15.7 Å². The highest BCUT2D eigenvalue weighted by atomic mass is 32.1.